The Hall–Kier alpha value is -1.75. The molecule has 0 spiro atoms. The average molecular weight is 301 g/mol. The summed E-state index contributed by atoms with van der Waals surface area (Å²) in [5, 5.41) is 3.00. The van der Waals surface area contributed by atoms with E-state index in [9.17, 15) is 4.79 Å². The number of pyridine rings is 1. The summed E-state index contributed by atoms with van der Waals surface area (Å²) < 4.78 is 0. The van der Waals surface area contributed by atoms with Gasteiger partial charge in [-0.2, -0.15) is 0 Å². The summed E-state index contributed by atoms with van der Waals surface area (Å²) >= 11 is 1.60. The van der Waals surface area contributed by atoms with Crippen molar-refractivity contribution in [2.45, 2.75) is 26.2 Å². The lowest BCUT2D eigenvalue weighted by Crippen LogP contribution is -2.30. The zero-order valence-corrected chi connectivity index (χ0v) is 13.0. The van der Waals surface area contributed by atoms with Crippen molar-refractivity contribution < 1.29 is 4.79 Å². The minimum absolute atomic E-state index is 0.198. The number of carbonyl (C=O) groups is 1. The van der Waals surface area contributed by atoms with E-state index in [2.05, 4.69) is 16.0 Å². The van der Waals surface area contributed by atoms with Gasteiger partial charge in [-0.15, -0.1) is 11.3 Å². The summed E-state index contributed by atoms with van der Waals surface area (Å²) in [4.78, 5) is 23.0. The molecule has 5 heteroatoms. The van der Waals surface area contributed by atoms with Gasteiger partial charge in [0.15, 0.2) is 0 Å². The van der Waals surface area contributed by atoms with Crippen molar-refractivity contribution in [3.8, 4) is 0 Å². The number of thiazole rings is 1. The van der Waals surface area contributed by atoms with Gasteiger partial charge in [0, 0.05) is 30.4 Å². The molecule has 1 saturated heterocycles. The molecule has 3 rings (SSSR count). The zero-order chi connectivity index (χ0) is 14.7. The molecule has 2 aromatic heterocycles. The highest BCUT2D eigenvalue weighted by molar-refractivity contribution is 7.09. The van der Waals surface area contributed by atoms with E-state index in [1.165, 1.54) is 0 Å². The van der Waals surface area contributed by atoms with Crippen LogP contribution in [0.15, 0.2) is 29.8 Å². The van der Waals surface area contributed by atoms with Crippen LogP contribution in [0, 0.1) is 12.8 Å². The van der Waals surface area contributed by atoms with Gasteiger partial charge in [0.05, 0.1) is 17.1 Å². The normalized spacial score (nSPS) is 18.1. The molecule has 1 amide bonds. The number of hydrogen-bond acceptors (Lipinski definition) is 4. The minimum atomic E-state index is 0.198. The third kappa shape index (κ3) is 3.67. The van der Waals surface area contributed by atoms with Gasteiger partial charge in [0.1, 0.15) is 0 Å². The van der Waals surface area contributed by atoms with Gasteiger partial charge < -0.3 is 4.90 Å². The van der Waals surface area contributed by atoms with Crippen molar-refractivity contribution in [1.29, 1.82) is 0 Å². The Kier molecular flexibility index (Phi) is 4.29. The fraction of sp³-hybridized carbons (Fsp3) is 0.438. The molecule has 0 bridgehead atoms. The van der Waals surface area contributed by atoms with Crippen LogP contribution in [0.3, 0.4) is 0 Å². The van der Waals surface area contributed by atoms with Crippen LogP contribution in [0.1, 0.15) is 22.8 Å². The molecule has 4 nitrogen and oxygen atoms in total. The van der Waals surface area contributed by atoms with Crippen molar-refractivity contribution in [2.75, 3.05) is 13.1 Å². The SMILES string of the molecule is Cc1nc(CC(=O)N2CCC(Cc3ccccn3)C2)cs1. The van der Waals surface area contributed by atoms with Gasteiger partial charge in [-0.25, -0.2) is 4.98 Å². The van der Waals surface area contributed by atoms with Crippen LogP contribution in [-0.2, 0) is 17.6 Å². The number of aromatic nitrogens is 2. The van der Waals surface area contributed by atoms with E-state index in [0.29, 0.717) is 12.3 Å². The smallest absolute Gasteiger partial charge is 0.228 e. The Bertz CT molecular complexity index is 611. The minimum Gasteiger partial charge on any atom is -0.342 e. The number of likely N-dealkylation sites (tertiary alicyclic amines) is 1. The van der Waals surface area contributed by atoms with Crippen LogP contribution in [-0.4, -0.2) is 33.9 Å². The molecule has 0 saturated carbocycles. The summed E-state index contributed by atoms with van der Waals surface area (Å²) in [6.45, 7) is 3.68. The van der Waals surface area contributed by atoms with E-state index in [1.54, 1.807) is 11.3 Å². The first-order valence-electron chi connectivity index (χ1n) is 7.29. The van der Waals surface area contributed by atoms with Gasteiger partial charge >= 0.3 is 0 Å². The maximum absolute atomic E-state index is 12.3. The van der Waals surface area contributed by atoms with Gasteiger partial charge in [0.25, 0.3) is 0 Å². The number of carbonyl (C=O) groups excluding carboxylic acids is 1. The molecule has 0 N–H and O–H groups in total. The van der Waals surface area contributed by atoms with E-state index >= 15 is 0 Å². The Morgan fingerprint density at radius 2 is 2.33 bits per heavy atom. The second kappa shape index (κ2) is 6.35. The first-order valence-corrected chi connectivity index (χ1v) is 8.17. The van der Waals surface area contributed by atoms with Crippen LogP contribution in [0.4, 0.5) is 0 Å². The highest BCUT2D eigenvalue weighted by atomic mass is 32.1. The van der Waals surface area contributed by atoms with Crippen LogP contribution >= 0.6 is 11.3 Å². The Labute approximate surface area is 128 Å². The predicted molar refractivity (Wildman–Crippen MR) is 83.2 cm³/mol. The lowest BCUT2D eigenvalue weighted by molar-refractivity contribution is -0.129. The summed E-state index contributed by atoms with van der Waals surface area (Å²) in [5.41, 5.74) is 2.02. The maximum atomic E-state index is 12.3. The molecule has 1 aliphatic heterocycles. The summed E-state index contributed by atoms with van der Waals surface area (Å²) in [7, 11) is 0. The Morgan fingerprint density at radius 1 is 1.43 bits per heavy atom. The number of aryl methyl sites for hydroxylation is 1. The zero-order valence-electron chi connectivity index (χ0n) is 12.2. The molecule has 0 aliphatic carbocycles. The highest BCUT2D eigenvalue weighted by Gasteiger charge is 2.26. The van der Waals surface area contributed by atoms with Crippen molar-refractivity contribution in [2.24, 2.45) is 5.92 Å². The molecular weight excluding hydrogens is 282 g/mol. The molecule has 1 unspecified atom stereocenters. The van der Waals surface area contributed by atoms with Crippen molar-refractivity contribution in [3.05, 3.63) is 46.2 Å². The highest BCUT2D eigenvalue weighted by Crippen LogP contribution is 2.21. The predicted octanol–water partition coefficient (Wildman–Crippen LogP) is 2.48. The first kappa shape index (κ1) is 14.2. The second-order valence-electron chi connectivity index (χ2n) is 5.55. The van der Waals surface area contributed by atoms with Gasteiger partial charge in [-0.05, 0) is 37.8 Å². The second-order valence-corrected chi connectivity index (χ2v) is 6.62. The molecular formula is C16H19N3OS. The van der Waals surface area contributed by atoms with Crippen LogP contribution in [0.2, 0.25) is 0 Å². The fourth-order valence-corrected chi connectivity index (χ4v) is 3.41. The molecule has 1 atom stereocenters. The van der Waals surface area contributed by atoms with Gasteiger partial charge in [-0.3, -0.25) is 9.78 Å². The van der Waals surface area contributed by atoms with E-state index in [4.69, 9.17) is 0 Å². The molecule has 0 radical (unpaired) electrons. The molecule has 0 aromatic carbocycles. The van der Waals surface area contributed by atoms with Gasteiger partial charge in [0.2, 0.25) is 5.91 Å². The average Bonchev–Trinajstić information content (AvgIpc) is 3.09. The molecule has 21 heavy (non-hydrogen) atoms. The number of nitrogens with zero attached hydrogens (tertiary/aromatic N) is 3. The first-order chi connectivity index (χ1) is 10.2. The van der Waals surface area contributed by atoms with Crippen LogP contribution in [0.5, 0.6) is 0 Å². The number of rotatable bonds is 4. The standard InChI is InChI=1S/C16H19N3OS/c1-12-18-15(11-21-12)9-16(20)19-7-5-13(10-19)8-14-4-2-3-6-17-14/h2-4,6,11,13H,5,7-10H2,1H3. The third-order valence-electron chi connectivity index (χ3n) is 3.86. The molecule has 2 aromatic rings. The van der Waals surface area contributed by atoms with Gasteiger partial charge in [-0.1, -0.05) is 6.07 Å². The topological polar surface area (TPSA) is 46.1 Å². The quantitative estimate of drug-likeness (QED) is 0.871. The molecule has 1 aliphatic rings. The number of hydrogen-bond donors (Lipinski definition) is 0. The van der Waals surface area contributed by atoms with Crippen LogP contribution in [0.25, 0.3) is 0 Å². The fourth-order valence-electron chi connectivity index (χ4n) is 2.80. The van der Waals surface area contributed by atoms with Crippen molar-refractivity contribution in [1.82, 2.24) is 14.9 Å². The van der Waals surface area contributed by atoms with E-state index in [-0.39, 0.29) is 5.91 Å². The molecule has 1 fully saturated rings. The Balaban J connectivity index is 1.53. The summed E-state index contributed by atoms with van der Waals surface area (Å²) in [6.07, 6.45) is 4.29. The molecule has 110 valence electrons. The monoisotopic (exact) mass is 301 g/mol. The Morgan fingerprint density at radius 3 is 3.05 bits per heavy atom. The van der Waals surface area contributed by atoms with Crippen molar-refractivity contribution >= 4 is 17.2 Å². The van der Waals surface area contributed by atoms with Crippen LogP contribution < -0.4 is 0 Å². The molecule has 3 heterocycles. The van der Waals surface area contributed by atoms with E-state index in [1.807, 2.05) is 35.5 Å². The lowest BCUT2D eigenvalue weighted by Gasteiger charge is -2.16. The number of amides is 1. The lowest BCUT2D eigenvalue weighted by atomic mass is 10.0. The summed E-state index contributed by atoms with van der Waals surface area (Å²) in [6, 6.07) is 6.01. The van der Waals surface area contributed by atoms with E-state index in [0.717, 1.165) is 42.3 Å². The van der Waals surface area contributed by atoms with Crippen molar-refractivity contribution in [3.63, 3.8) is 0 Å². The summed E-state index contributed by atoms with van der Waals surface area (Å²) in [5.74, 6) is 0.727. The maximum Gasteiger partial charge on any atom is 0.228 e. The third-order valence-corrected chi connectivity index (χ3v) is 4.68. The van der Waals surface area contributed by atoms with E-state index < -0.39 is 0 Å². The largest absolute Gasteiger partial charge is 0.342 e.